The molecule has 1 atom stereocenters. The van der Waals surface area contributed by atoms with E-state index in [-0.39, 0.29) is 17.9 Å². The van der Waals surface area contributed by atoms with Gasteiger partial charge in [0.05, 0.1) is 12.2 Å². The maximum Gasteiger partial charge on any atom is 0.245 e. The van der Waals surface area contributed by atoms with Gasteiger partial charge in [-0.3, -0.25) is 19.2 Å². The van der Waals surface area contributed by atoms with Crippen molar-refractivity contribution in [2.75, 3.05) is 33.2 Å². The fourth-order valence-corrected chi connectivity index (χ4v) is 3.10. The van der Waals surface area contributed by atoms with Crippen LogP contribution in [0.25, 0.3) is 0 Å². The molecule has 7 heteroatoms. The monoisotopic (exact) mass is 291 g/mol. The molecule has 2 amide bonds. The Kier molecular flexibility index (Phi) is 3.92. The average Bonchev–Trinajstić information content (AvgIpc) is 3.16. The number of carbonyl (C=O) groups is 2. The molecule has 21 heavy (non-hydrogen) atoms. The van der Waals surface area contributed by atoms with E-state index in [1.807, 2.05) is 15.9 Å². The smallest absolute Gasteiger partial charge is 0.245 e. The van der Waals surface area contributed by atoms with Crippen LogP contribution < -0.4 is 5.32 Å². The maximum absolute atomic E-state index is 12.3. The normalized spacial score (nSPS) is 22.1. The summed E-state index contributed by atoms with van der Waals surface area (Å²) in [5.74, 6) is 0.0920. The quantitative estimate of drug-likeness (QED) is 0.823. The number of hydrogen-bond donors (Lipinski definition) is 1. The average molecular weight is 291 g/mol. The number of hydrogen-bond acceptors (Lipinski definition) is 4. The lowest BCUT2D eigenvalue weighted by Crippen LogP contribution is -2.47. The predicted molar refractivity (Wildman–Crippen MR) is 76.4 cm³/mol. The van der Waals surface area contributed by atoms with Gasteiger partial charge < -0.3 is 10.2 Å². The van der Waals surface area contributed by atoms with Crippen LogP contribution in [0, 0.1) is 0 Å². The van der Waals surface area contributed by atoms with Crippen LogP contribution in [0.2, 0.25) is 0 Å². The van der Waals surface area contributed by atoms with Gasteiger partial charge in [-0.05, 0) is 18.9 Å². The largest absolute Gasteiger partial charge is 0.357 e. The molecule has 0 radical (unpaired) electrons. The summed E-state index contributed by atoms with van der Waals surface area (Å²) in [4.78, 5) is 28.2. The molecule has 3 rings (SSSR count). The molecule has 3 heterocycles. The van der Waals surface area contributed by atoms with Crippen molar-refractivity contribution >= 4 is 11.8 Å². The number of amides is 2. The van der Waals surface area contributed by atoms with Crippen molar-refractivity contribution in [2.24, 2.45) is 0 Å². The Morgan fingerprint density at radius 2 is 2.14 bits per heavy atom. The van der Waals surface area contributed by atoms with E-state index >= 15 is 0 Å². The zero-order valence-corrected chi connectivity index (χ0v) is 12.3. The van der Waals surface area contributed by atoms with Crippen molar-refractivity contribution in [3.63, 3.8) is 0 Å². The van der Waals surface area contributed by atoms with Gasteiger partial charge >= 0.3 is 0 Å². The molecule has 0 spiro atoms. The molecule has 1 aromatic rings. The molecule has 1 saturated heterocycles. The molecular weight excluding hydrogens is 270 g/mol. The molecule has 1 N–H and O–H groups in total. The van der Waals surface area contributed by atoms with E-state index in [0.717, 1.165) is 31.6 Å². The zero-order valence-electron chi connectivity index (χ0n) is 12.3. The van der Waals surface area contributed by atoms with Crippen LogP contribution in [0.4, 0.5) is 0 Å². The van der Waals surface area contributed by atoms with Crippen molar-refractivity contribution < 1.29 is 9.59 Å². The van der Waals surface area contributed by atoms with Crippen LogP contribution in [0.15, 0.2) is 12.3 Å². The number of carbonyl (C=O) groups excluding carboxylic acids is 2. The van der Waals surface area contributed by atoms with Crippen LogP contribution >= 0.6 is 0 Å². The highest BCUT2D eigenvalue weighted by Gasteiger charge is 2.32. The third-order valence-electron chi connectivity index (χ3n) is 4.23. The highest BCUT2D eigenvalue weighted by atomic mass is 16.2. The van der Waals surface area contributed by atoms with E-state index in [0.29, 0.717) is 19.6 Å². The number of likely N-dealkylation sites (N-methyl/N-ethyl adjacent to an activating group) is 1. The molecule has 1 fully saturated rings. The lowest BCUT2D eigenvalue weighted by Gasteiger charge is -2.33. The van der Waals surface area contributed by atoms with Gasteiger partial charge in [0.15, 0.2) is 0 Å². The minimum absolute atomic E-state index is 0.0710. The van der Waals surface area contributed by atoms with E-state index in [1.54, 1.807) is 17.9 Å². The van der Waals surface area contributed by atoms with Crippen molar-refractivity contribution in [3.05, 3.63) is 18.0 Å². The number of likely N-dealkylation sites (tertiary alicyclic amines) is 1. The Morgan fingerprint density at radius 3 is 2.86 bits per heavy atom. The standard InChI is InChI=1S/C14H21N5O2/c1-15-14(21)12-9-17(8-11-4-5-16-19(11)12)10-13(20)18-6-2-3-7-18/h4-5,12H,2-3,6-10H2,1H3,(H,15,21)/t12-/m0/s1. The number of rotatable bonds is 3. The van der Waals surface area contributed by atoms with Crippen molar-refractivity contribution in [1.82, 2.24) is 24.9 Å². The molecule has 7 nitrogen and oxygen atoms in total. The van der Waals surface area contributed by atoms with Crippen molar-refractivity contribution in [2.45, 2.75) is 25.4 Å². The minimum atomic E-state index is -0.361. The third kappa shape index (κ3) is 2.78. The van der Waals surface area contributed by atoms with Crippen LogP contribution in [0.1, 0.15) is 24.6 Å². The minimum Gasteiger partial charge on any atom is -0.357 e. The van der Waals surface area contributed by atoms with Crippen LogP contribution in [0.5, 0.6) is 0 Å². The third-order valence-corrected chi connectivity index (χ3v) is 4.23. The number of nitrogens with one attached hydrogen (secondary N) is 1. The first kappa shape index (κ1) is 14.1. The maximum atomic E-state index is 12.3. The van der Waals surface area contributed by atoms with Crippen LogP contribution in [-0.2, 0) is 16.1 Å². The van der Waals surface area contributed by atoms with Gasteiger partial charge in [-0.2, -0.15) is 5.10 Å². The Hall–Kier alpha value is -1.89. The second-order valence-electron chi connectivity index (χ2n) is 5.65. The van der Waals surface area contributed by atoms with Gasteiger partial charge in [0.25, 0.3) is 0 Å². The molecule has 0 unspecified atom stereocenters. The lowest BCUT2D eigenvalue weighted by molar-refractivity contribution is -0.133. The van der Waals surface area contributed by atoms with E-state index in [2.05, 4.69) is 10.4 Å². The van der Waals surface area contributed by atoms with Crippen molar-refractivity contribution in [3.8, 4) is 0 Å². The van der Waals surface area contributed by atoms with E-state index in [1.165, 1.54) is 0 Å². The Balaban J connectivity index is 1.70. The first-order valence-corrected chi connectivity index (χ1v) is 7.43. The molecule has 114 valence electrons. The summed E-state index contributed by atoms with van der Waals surface area (Å²) >= 11 is 0. The van der Waals surface area contributed by atoms with Gasteiger partial charge in [0, 0.05) is 39.4 Å². The number of fused-ring (bicyclic) bond motifs is 1. The summed E-state index contributed by atoms with van der Waals surface area (Å²) in [7, 11) is 1.62. The van der Waals surface area contributed by atoms with Crippen LogP contribution in [-0.4, -0.2) is 64.6 Å². The topological polar surface area (TPSA) is 70.5 Å². The molecule has 2 aliphatic rings. The molecular formula is C14H21N5O2. The lowest BCUT2D eigenvalue weighted by atomic mass is 10.1. The number of aromatic nitrogens is 2. The van der Waals surface area contributed by atoms with Gasteiger partial charge in [-0.25, -0.2) is 0 Å². The summed E-state index contributed by atoms with van der Waals surface area (Å²) in [5, 5.41) is 6.90. The molecule has 0 aliphatic carbocycles. The SMILES string of the molecule is CNC(=O)[C@@H]1CN(CC(=O)N2CCCC2)Cc2ccnn21. The molecule has 1 aromatic heterocycles. The summed E-state index contributed by atoms with van der Waals surface area (Å²) in [6.45, 7) is 3.28. The van der Waals surface area contributed by atoms with Gasteiger partial charge in [0.2, 0.25) is 11.8 Å². The van der Waals surface area contributed by atoms with Crippen LogP contribution in [0.3, 0.4) is 0 Å². The Bertz CT molecular complexity index is 535. The zero-order chi connectivity index (χ0) is 14.8. The van der Waals surface area contributed by atoms with E-state index < -0.39 is 0 Å². The Morgan fingerprint density at radius 1 is 1.38 bits per heavy atom. The molecule has 0 saturated carbocycles. The fraction of sp³-hybridized carbons (Fsp3) is 0.643. The second-order valence-corrected chi connectivity index (χ2v) is 5.65. The highest BCUT2D eigenvalue weighted by molar-refractivity contribution is 5.81. The van der Waals surface area contributed by atoms with Gasteiger partial charge in [-0.1, -0.05) is 0 Å². The summed E-state index contributed by atoms with van der Waals surface area (Å²) in [6, 6.07) is 1.54. The first-order chi connectivity index (χ1) is 10.2. The summed E-state index contributed by atoms with van der Waals surface area (Å²) < 4.78 is 1.76. The summed E-state index contributed by atoms with van der Waals surface area (Å²) in [6.07, 6.45) is 3.90. The molecule has 0 bridgehead atoms. The Labute approximate surface area is 123 Å². The van der Waals surface area contributed by atoms with Crippen molar-refractivity contribution in [1.29, 1.82) is 0 Å². The van der Waals surface area contributed by atoms with E-state index in [4.69, 9.17) is 0 Å². The van der Waals surface area contributed by atoms with Gasteiger partial charge in [0.1, 0.15) is 6.04 Å². The number of nitrogens with zero attached hydrogens (tertiary/aromatic N) is 4. The highest BCUT2D eigenvalue weighted by Crippen LogP contribution is 2.20. The van der Waals surface area contributed by atoms with E-state index in [9.17, 15) is 9.59 Å². The van der Waals surface area contributed by atoms with Gasteiger partial charge in [-0.15, -0.1) is 0 Å². The molecule has 0 aromatic carbocycles. The predicted octanol–water partition coefficient (Wildman–Crippen LogP) is -0.392. The second kappa shape index (κ2) is 5.85. The molecule has 2 aliphatic heterocycles. The fourth-order valence-electron chi connectivity index (χ4n) is 3.10. The summed E-state index contributed by atoms with van der Waals surface area (Å²) in [5.41, 5.74) is 0.976. The first-order valence-electron chi connectivity index (χ1n) is 7.43.